The van der Waals surface area contributed by atoms with Crippen LogP contribution in [0.15, 0.2) is 69.0 Å². The van der Waals surface area contributed by atoms with E-state index in [2.05, 4.69) is 31.6 Å². The SMILES string of the molecule is CCNC(=NCCS(=O)(=O)c1ccc(Br)cc1)NC(C)c1ccccc1. The monoisotopic (exact) mass is 437 g/mol. The summed E-state index contributed by atoms with van der Waals surface area (Å²) in [6, 6.07) is 16.8. The lowest BCUT2D eigenvalue weighted by atomic mass is 10.1. The molecule has 7 heteroatoms. The Morgan fingerprint density at radius 2 is 1.77 bits per heavy atom. The maximum Gasteiger partial charge on any atom is 0.191 e. The molecular formula is C19H24BrN3O2S. The molecule has 1 atom stereocenters. The zero-order valence-corrected chi connectivity index (χ0v) is 17.3. The van der Waals surface area contributed by atoms with E-state index in [0.717, 1.165) is 10.0 Å². The molecule has 0 heterocycles. The second kappa shape index (κ2) is 9.73. The average molecular weight is 438 g/mol. The molecule has 2 N–H and O–H groups in total. The molecule has 26 heavy (non-hydrogen) atoms. The highest BCUT2D eigenvalue weighted by molar-refractivity contribution is 9.10. The summed E-state index contributed by atoms with van der Waals surface area (Å²) in [4.78, 5) is 4.72. The molecule has 5 nitrogen and oxygen atoms in total. The Bertz CT molecular complexity index is 822. The molecule has 0 aromatic heterocycles. The summed E-state index contributed by atoms with van der Waals surface area (Å²) in [5.41, 5.74) is 1.14. The third kappa shape index (κ3) is 6.14. The van der Waals surface area contributed by atoms with E-state index in [1.54, 1.807) is 24.3 Å². The standard InChI is InChI=1S/C19H24BrN3O2S/c1-3-21-19(23-15(2)16-7-5-4-6-8-16)22-13-14-26(24,25)18-11-9-17(20)10-12-18/h4-12,15H,3,13-14H2,1-2H3,(H2,21,22,23). The molecule has 0 bridgehead atoms. The Morgan fingerprint density at radius 1 is 1.12 bits per heavy atom. The van der Waals surface area contributed by atoms with Gasteiger partial charge in [-0.3, -0.25) is 4.99 Å². The molecule has 140 valence electrons. The van der Waals surface area contributed by atoms with Crippen LogP contribution in [0.3, 0.4) is 0 Å². The molecule has 0 fully saturated rings. The number of halogens is 1. The highest BCUT2D eigenvalue weighted by Gasteiger charge is 2.14. The fourth-order valence-electron chi connectivity index (χ4n) is 2.39. The minimum absolute atomic E-state index is 0.0368. The normalized spacial score (nSPS) is 13.3. The van der Waals surface area contributed by atoms with Crippen molar-refractivity contribution < 1.29 is 8.42 Å². The van der Waals surface area contributed by atoms with Gasteiger partial charge in [0.05, 0.1) is 23.2 Å². The molecule has 0 aliphatic rings. The van der Waals surface area contributed by atoms with Crippen LogP contribution < -0.4 is 10.6 Å². The van der Waals surface area contributed by atoms with Gasteiger partial charge >= 0.3 is 0 Å². The summed E-state index contributed by atoms with van der Waals surface area (Å²) >= 11 is 3.31. The molecule has 1 unspecified atom stereocenters. The van der Waals surface area contributed by atoms with E-state index >= 15 is 0 Å². The van der Waals surface area contributed by atoms with Gasteiger partial charge in [-0.2, -0.15) is 0 Å². The number of guanidine groups is 1. The van der Waals surface area contributed by atoms with Crippen molar-refractivity contribution in [2.24, 2.45) is 4.99 Å². The smallest absolute Gasteiger partial charge is 0.191 e. The summed E-state index contributed by atoms with van der Waals surface area (Å²) in [7, 11) is -3.35. The second-order valence-corrected chi connectivity index (χ2v) is 8.83. The summed E-state index contributed by atoms with van der Waals surface area (Å²) < 4.78 is 25.7. The van der Waals surface area contributed by atoms with Gasteiger partial charge in [0.15, 0.2) is 15.8 Å². The molecule has 2 aromatic rings. The summed E-state index contributed by atoms with van der Waals surface area (Å²) in [5, 5.41) is 6.46. The van der Waals surface area contributed by atoms with Crippen molar-refractivity contribution in [3.05, 3.63) is 64.6 Å². The molecule has 0 saturated heterocycles. The van der Waals surface area contributed by atoms with Gasteiger partial charge in [0.2, 0.25) is 0 Å². The fraction of sp³-hybridized carbons (Fsp3) is 0.316. The lowest BCUT2D eigenvalue weighted by Gasteiger charge is -2.18. The summed E-state index contributed by atoms with van der Waals surface area (Å²) in [6.45, 7) is 4.91. The largest absolute Gasteiger partial charge is 0.357 e. The summed E-state index contributed by atoms with van der Waals surface area (Å²) in [5.74, 6) is 0.570. The number of aliphatic imine (C=N–C) groups is 1. The second-order valence-electron chi connectivity index (χ2n) is 5.81. The van der Waals surface area contributed by atoms with Crippen LogP contribution in [-0.2, 0) is 9.84 Å². The Kier molecular flexibility index (Phi) is 7.66. The first-order valence-electron chi connectivity index (χ1n) is 8.50. The van der Waals surface area contributed by atoms with Crippen LogP contribution in [0.25, 0.3) is 0 Å². The van der Waals surface area contributed by atoms with Crippen molar-refractivity contribution in [3.8, 4) is 0 Å². The Hall–Kier alpha value is -1.86. The van der Waals surface area contributed by atoms with Crippen molar-refractivity contribution in [1.82, 2.24) is 10.6 Å². The molecule has 0 spiro atoms. The third-order valence-corrected chi connectivity index (χ3v) is 6.04. The Balaban J connectivity index is 2.01. The van der Waals surface area contributed by atoms with Gasteiger partial charge in [-0.05, 0) is 43.7 Å². The lowest BCUT2D eigenvalue weighted by Crippen LogP contribution is -2.39. The van der Waals surface area contributed by atoms with Crippen LogP contribution in [0.1, 0.15) is 25.5 Å². The van der Waals surface area contributed by atoms with E-state index in [-0.39, 0.29) is 18.3 Å². The molecule has 0 amide bonds. The number of rotatable bonds is 7. The highest BCUT2D eigenvalue weighted by atomic mass is 79.9. The molecule has 2 aromatic carbocycles. The van der Waals surface area contributed by atoms with Crippen LogP contribution in [-0.4, -0.2) is 33.2 Å². The predicted molar refractivity (Wildman–Crippen MR) is 110 cm³/mol. The van der Waals surface area contributed by atoms with Gasteiger partial charge < -0.3 is 10.6 Å². The van der Waals surface area contributed by atoms with Gasteiger partial charge in [-0.15, -0.1) is 0 Å². The first-order valence-corrected chi connectivity index (χ1v) is 10.9. The molecule has 0 radical (unpaired) electrons. The maximum atomic E-state index is 12.4. The maximum absolute atomic E-state index is 12.4. The minimum atomic E-state index is -3.35. The average Bonchev–Trinajstić information content (AvgIpc) is 2.63. The van der Waals surface area contributed by atoms with E-state index in [0.29, 0.717) is 17.4 Å². The predicted octanol–water partition coefficient (Wildman–Crippen LogP) is 3.54. The molecule has 0 aliphatic carbocycles. The molecule has 0 saturated carbocycles. The zero-order chi connectivity index (χ0) is 19.0. The van der Waals surface area contributed by atoms with Gasteiger partial charge in [0.25, 0.3) is 0 Å². The van der Waals surface area contributed by atoms with Crippen LogP contribution in [0.5, 0.6) is 0 Å². The van der Waals surface area contributed by atoms with Gasteiger partial charge in [0.1, 0.15) is 0 Å². The minimum Gasteiger partial charge on any atom is -0.357 e. The molecular weight excluding hydrogens is 414 g/mol. The number of hydrogen-bond acceptors (Lipinski definition) is 3. The van der Waals surface area contributed by atoms with Crippen molar-refractivity contribution >= 4 is 31.7 Å². The molecule has 0 aliphatic heterocycles. The quantitative estimate of drug-likeness (QED) is 0.513. The van der Waals surface area contributed by atoms with Crippen LogP contribution >= 0.6 is 15.9 Å². The van der Waals surface area contributed by atoms with E-state index in [9.17, 15) is 8.42 Å². The van der Waals surface area contributed by atoms with E-state index in [4.69, 9.17) is 0 Å². The van der Waals surface area contributed by atoms with Gasteiger partial charge in [-0.1, -0.05) is 46.3 Å². The molecule has 2 rings (SSSR count). The Labute approximate surface area is 164 Å². The van der Waals surface area contributed by atoms with Crippen LogP contribution in [0, 0.1) is 0 Å². The third-order valence-electron chi connectivity index (χ3n) is 3.80. The number of sulfone groups is 1. The Morgan fingerprint density at radius 3 is 2.38 bits per heavy atom. The number of nitrogens with one attached hydrogen (secondary N) is 2. The zero-order valence-electron chi connectivity index (χ0n) is 14.9. The van der Waals surface area contributed by atoms with Crippen molar-refractivity contribution in [3.63, 3.8) is 0 Å². The van der Waals surface area contributed by atoms with Crippen molar-refractivity contribution in [2.45, 2.75) is 24.8 Å². The van der Waals surface area contributed by atoms with Gasteiger partial charge in [0, 0.05) is 11.0 Å². The first-order chi connectivity index (χ1) is 12.4. The lowest BCUT2D eigenvalue weighted by molar-refractivity contribution is 0.595. The first kappa shape index (κ1) is 20.5. The number of nitrogens with zero attached hydrogens (tertiary/aromatic N) is 1. The van der Waals surface area contributed by atoms with E-state index in [1.807, 2.05) is 44.2 Å². The van der Waals surface area contributed by atoms with Crippen LogP contribution in [0.2, 0.25) is 0 Å². The number of benzene rings is 2. The summed E-state index contributed by atoms with van der Waals surface area (Å²) in [6.07, 6.45) is 0. The van der Waals surface area contributed by atoms with Gasteiger partial charge in [-0.25, -0.2) is 8.42 Å². The van der Waals surface area contributed by atoms with E-state index in [1.165, 1.54) is 0 Å². The fourth-order valence-corrected chi connectivity index (χ4v) is 3.77. The van der Waals surface area contributed by atoms with E-state index < -0.39 is 9.84 Å². The van der Waals surface area contributed by atoms with Crippen molar-refractivity contribution in [2.75, 3.05) is 18.8 Å². The highest BCUT2D eigenvalue weighted by Crippen LogP contribution is 2.16. The topological polar surface area (TPSA) is 70.6 Å². The van der Waals surface area contributed by atoms with Crippen LogP contribution in [0.4, 0.5) is 0 Å². The van der Waals surface area contributed by atoms with Crippen molar-refractivity contribution in [1.29, 1.82) is 0 Å². The number of hydrogen-bond donors (Lipinski definition) is 2.